The molecule has 0 radical (unpaired) electrons. The SMILES string of the molecule is CN(C)C(=O)CCN1CCC(C(=O)O)c2ccccc21. The van der Waals surface area contributed by atoms with Gasteiger partial charge in [-0.3, -0.25) is 9.59 Å². The van der Waals surface area contributed by atoms with Crippen LogP contribution in [0.4, 0.5) is 5.69 Å². The van der Waals surface area contributed by atoms with Crippen molar-refractivity contribution in [1.82, 2.24) is 4.90 Å². The van der Waals surface area contributed by atoms with E-state index in [4.69, 9.17) is 0 Å². The van der Waals surface area contributed by atoms with Crippen LogP contribution >= 0.6 is 0 Å². The number of rotatable bonds is 4. The Kier molecular flexibility index (Phi) is 4.27. The van der Waals surface area contributed by atoms with E-state index in [1.54, 1.807) is 19.0 Å². The summed E-state index contributed by atoms with van der Waals surface area (Å²) in [5.74, 6) is -1.13. The van der Waals surface area contributed by atoms with Crippen LogP contribution in [0.15, 0.2) is 24.3 Å². The van der Waals surface area contributed by atoms with Gasteiger partial charge in [-0.1, -0.05) is 18.2 Å². The van der Waals surface area contributed by atoms with E-state index in [0.29, 0.717) is 25.9 Å². The number of benzene rings is 1. The summed E-state index contributed by atoms with van der Waals surface area (Å²) in [6, 6.07) is 7.58. The van der Waals surface area contributed by atoms with Crippen molar-refractivity contribution >= 4 is 17.6 Å². The van der Waals surface area contributed by atoms with Gasteiger partial charge >= 0.3 is 5.97 Å². The van der Waals surface area contributed by atoms with E-state index in [-0.39, 0.29) is 5.91 Å². The summed E-state index contributed by atoms with van der Waals surface area (Å²) in [6.07, 6.45) is 1.03. The van der Waals surface area contributed by atoms with Crippen LogP contribution in [0, 0.1) is 0 Å². The van der Waals surface area contributed by atoms with Crippen molar-refractivity contribution in [2.75, 3.05) is 32.1 Å². The van der Waals surface area contributed by atoms with Crippen molar-refractivity contribution in [1.29, 1.82) is 0 Å². The van der Waals surface area contributed by atoms with Crippen molar-refractivity contribution in [2.24, 2.45) is 0 Å². The van der Waals surface area contributed by atoms with Crippen LogP contribution in [0.25, 0.3) is 0 Å². The van der Waals surface area contributed by atoms with E-state index in [1.165, 1.54) is 0 Å². The summed E-state index contributed by atoms with van der Waals surface area (Å²) in [6.45, 7) is 1.30. The first-order valence-corrected chi connectivity index (χ1v) is 6.77. The van der Waals surface area contributed by atoms with E-state index in [0.717, 1.165) is 11.3 Å². The zero-order valence-corrected chi connectivity index (χ0v) is 11.9. The molecule has 1 heterocycles. The van der Waals surface area contributed by atoms with Crippen LogP contribution in [0.5, 0.6) is 0 Å². The van der Waals surface area contributed by atoms with Crippen molar-refractivity contribution in [3.8, 4) is 0 Å². The fourth-order valence-corrected chi connectivity index (χ4v) is 2.57. The molecule has 1 unspecified atom stereocenters. The number of amides is 1. The molecular formula is C15H20N2O3. The van der Waals surface area contributed by atoms with Gasteiger partial charge in [0.25, 0.3) is 0 Å². The monoisotopic (exact) mass is 276 g/mol. The molecule has 20 heavy (non-hydrogen) atoms. The number of carboxylic acids is 1. The number of carbonyl (C=O) groups excluding carboxylic acids is 1. The van der Waals surface area contributed by atoms with Gasteiger partial charge in [-0.25, -0.2) is 0 Å². The lowest BCUT2D eigenvalue weighted by Gasteiger charge is -2.34. The number of fused-ring (bicyclic) bond motifs is 1. The van der Waals surface area contributed by atoms with Crippen LogP contribution in [-0.4, -0.2) is 49.1 Å². The van der Waals surface area contributed by atoms with Gasteiger partial charge in [-0.15, -0.1) is 0 Å². The van der Waals surface area contributed by atoms with E-state index in [1.807, 2.05) is 24.3 Å². The summed E-state index contributed by atoms with van der Waals surface area (Å²) in [5, 5.41) is 9.28. The van der Waals surface area contributed by atoms with Gasteiger partial charge in [0.15, 0.2) is 0 Å². The Morgan fingerprint density at radius 3 is 2.70 bits per heavy atom. The highest BCUT2D eigenvalue weighted by molar-refractivity contribution is 5.81. The fourth-order valence-electron chi connectivity index (χ4n) is 2.57. The number of carboxylic acid groups (broad SMARTS) is 1. The average molecular weight is 276 g/mol. The molecule has 5 heteroatoms. The largest absolute Gasteiger partial charge is 0.481 e. The Morgan fingerprint density at radius 2 is 2.05 bits per heavy atom. The zero-order chi connectivity index (χ0) is 14.7. The fraction of sp³-hybridized carbons (Fsp3) is 0.467. The lowest BCUT2D eigenvalue weighted by Crippen LogP contribution is -2.36. The number of nitrogens with zero attached hydrogens (tertiary/aromatic N) is 2. The molecule has 1 N–H and O–H groups in total. The minimum absolute atomic E-state index is 0.0860. The summed E-state index contributed by atoms with van der Waals surface area (Å²) >= 11 is 0. The maximum atomic E-state index is 11.7. The van der Waals surface area contributed by atoms with Gasteiger partial charge in [-0.05, 0) is 18.1 Å². The molecule has 0 bridgehead atoms. The lowest BCUT2D eigenvalue weighted by molar-refractivity contribution is -0.139. The molecule has 1 amide bonds. The second-order valence-corrected chi connectivity index (χ2v) is 5.26. The first-order valence-electron chi connectivity index (χ1n) is 6.77. The smallest absolute Gasteiger partial charge is 0.311 e. The number of hydrogen-bond acceptors (Lipinski definition) is 3. The normalized spacial score (nSPS) is 17.5. The van der Waals surface area contributed by atoms with Crippen molar-refractivity contribution in [3.63, 3.8) is 0 Å². The Labute approximate surface area is 118 Å². The third kappa shape index (κ3) is 2.92. The predicted molar refractivity (Wildman–Crippen MR) is 77.0 cm³/mol. The second-order valence-electron chi connectivity index (χ2n) is 5.26. The van der Waals surface area contributed by atoms with Crippen molar-refractivity contribution in [3.05, 3.63) is 29.8 Å². The maximum Gasteiger partial charge on any atom is 0.311 e. The Bertz CT molecular complexity index is 514. The summed E-state index contributed by atoms with van der Waals surface area (Å²) < 4.78 is 0. The third-order valence-corrected chi connectivity index (χ3v) is 3.73. The molecule has 0 aliphatic carbocycles. The predicted octanol–water partition coefficient (Wildman–Crippen LogP) is 1.54. The quantitative estimate of drug-likeness (QED) is 0.906. The van der Waals surface area contributed by atoms with Crippen LogP contribution < -0.4 is 4.90 Å². The Hall–Kier alpha value is -2.04. The number of hydrogen-bond donors (Lipinski definition) is 1. The molecule has 0 saturated carbocycles. The molecule has 0 saturated heterocycles. The number of para-hydroxylation sites is 1. The topological polar surface area (TPSA) is 60.9 Å². The van der Waals surface area contributed by atoms with Crippen molar-refractivity contribution < 1.29 is 14.7 Å². The molecule has 2 rings (SSSR count). The molecule has 0 spiro atoms. The molecule has 1 aliphatic rings. The molecule has 1 aliphatic heterocycles. The van der Waals surface area contributed by atoms with Gasteiger partial charge in [0.2, 0.25) is 5.91 Å². The molecule has 1 atom stereocenters. The molecule has 1 aromatic carbocycles. The molecule has 0 fully saturated rings. The number of aliphatic carboxylic acids is 1. The average Bonchev–Trinajstić information content (AvgIpc) is 2.43. The lowest BCUT2D eigenvalue weighted by atomic mass is 9.90. The Morgan fingerprint density at radius 1 is 1.35 bits per heavy atom. The number of carbonyl (C=O) groups is 2. The van der Waals surface area contributed by atoms with Crippen LogP contribution in [0.3, 0.4) is 0 Å². The van der Waals surface area contributed by atoms with Gasteiger partial charge in [-0.2, -0.15) is 0 Å². The molecule has 5 nitrogen and oxygen atoms in total. The van der Waals surface area contributed by atoms with Crippen LogP contribution in [0.2, 0.25) is 0 Å². The zero-order valence-electron chi connectivity index (χ0n) is 11.9. The standard InChI is InChI=1S/C15H20N2O3/c1-16(2)14(18)8-10-17-9-7-12(15(19)20)11-5-3-4-6-13(11)17/h3-6,12H,7-10H2,1-2H3,(H,19,20). The van der Waals surface area contributed by atoms with Crippen LogP contribution in [-0.2, 0) is 9.59 Å². The van der Waals surface area contributed by atoms with E-state index < -0.39 is 11.9 Å². The highest BCUT2D eigenvalue weighted by atomic mass is 16.4. The van der Waals surface area contributed by atoms with E-state index >= 15 is 0 Å². The first kappa shape index (κ1) is 14.4. The van der Waals surface area contributed by atoms with Crippen LogP contribution in [0.1, 0.15) is 24.3 Å². The third-order valence-electron chi connectivity index (χ3n) is 3.73. The van der Waals surface area contributed by atoms with Gasteiger partial charge in [0.1, 0.15) is 0 Å². The number of anilines is 1. The van der Waals surface area contributed by atoms with Gasteiger partial charge in [0.05, 0.1) is 5.92 Å². The summed E-state index contributed by atoms with van der Waals surface area (Å²) in [7, 11) is 3.49. The molecule has 1 aromatic rings. The highest BCUT2D eigenvalue weighted by Crippen LogP contribution is 2.35. The maximum absolute atomic E-state index is 11.7. The molecular weight excluding hydrogens is 256 g/mol. The van der Waals surface area contributed by atoms with E-state index in [9.17, 15) is 14.7 Å². The molecule has 0 aromatic heterocycles. The highest BCUT2D eigenvalue weighted by Gasteiger charge is 2.29. The minimum atomic E-state index is -0.776. The van der Waals surface area contributed by atoms with Gasteiger partial charge < -0.3 is 14.9 Å². The van der Waals surface area contributed by atoms with E-state index in [2.05, 4.69) is 4.90 Å². The minimum Gasteiger partial charge on any atom is -0.481 e. The summed E-state index contributed by atoms with van der Waals surface area (Å²) in [4.78, 5) is 26.7. The Balaban J connectivity index is 2.15. The first-order chi connectivity index (χ1) is 9.50. The second kappa shape index (κ2) is 5.94. The molecule has 108 valence electrons. The summed E-state index contributed by atoms with van der Waals surface area (Å²) in [5.41, 5.74) is 1.79. The van der Waals surface area contributed by atoms with Crippen molar-refractivity contribution in [2.45, 2.75) is 18.8 Å². The van der Waals surface area contributed by atoms with Gasteiger partial charge in [0, 0.05) is 39.3 Å².